The molecule has 0 bridgehead atoms. The molecule has 2 saturated heterocycles. The van der Waals surface area contributed by atoms with Crippen molar-refractivity contribution in [3.8, 4) is 0 Å². The third kappa shape index (κ3) is 2.81. The fourth-order valence-electron chi connectivity index (χ4n) is 2.74. The van der Waals surface area contributed by atoms with E-state index in [4.69, 9.17) is 14.6 Å². The van der Waals surface area contributed by atoms with Crippen LogP contribution in [0.5, 0.6) is 0 Å². The summed E-state index contributed by atoms with van der Waals surface area (Å²) in [7, 11) is 0. The molecule has 0 atom stereocenters. The van der Waals surface area contributed by atoms with E-state index in [1.807, 2.05) is 6.07 Å². The molecule has 2 fully saturated rings. The Labute approximate surface area is 115 Å². The third-order valence-electron chi connectivity index (χ3n) is 3.56. The van der Waals surface area contributed by atoms with E-state index in [9.17, 15) is 4.79 Å². The molecule has 3 heterocycles. The molecule has 19 heavy (non-hydrogen) atoms. The predicted octanol–water partition coefficient (Wildman–Crippen LogP) is 1.79. The standard InChI is InChI=1S/C13H17NO4S/c15-12(16)11-3-2-10(19-11)8-14-5-1-4-13(9-14)17-6-7-18-13/h2-3H,1,4-9H2,(H,15,16). The quantitative estimate of drug-likeness (QED) is 0.916. The number of nitrogens with zero attached hydrogens (tertiary/aromatic N) is 1. The molecule has 5 nitrogen and oxygen atoms in total. The Hall–Kier alpha value is -0.950. The lowest BCUT2D eigenvalue weighted by Gasteiger charge is -2.38. The predicted molar refractivity (Wildman–Crippen MR) is 70.4 cm³/mol. The Morgan fingerprint density at radius 1 is 1.42 bits per heavy atom. The second-order valence-corrected chi connectivity index (χ2v) is 6.16. The normalized spacial score (nSPS) is 22.9. The number of carboxylic acid groups (broad SMARTS) is 1. The molecule has 0 radical (unpaired) electrons. The summed E-state index contributed by atoms with van der Waals surface area (Å²) in [4.78, 5) is 14.6. The summed E-state index contributed by atoms with van der Waals surface area (Å²) in [5.74, 6) is -1.26. The fourth-order valence-corrected chi connectivity index (χ4v) is 3.63. The number of carbonyl (C=O) groups is 1. The Kier molecular flexibility index (Phi) is 3.58. The highest BCUT2D eigenvalue weighted by molar-refractivity contribution is 7.13. The van der Waals surface area contributed by atoms with Gasteiger partial charge in [-0.05, 0) is 25.1 Å². The van der Waals surface area contributed by atoms with Crippen molar-refractivity contribution in [2.24, 2.45) is 0 Å². The second-order valence-electron chi connectivity index (χ2n) is 4.99. The number of aromatic carboxylic acids is 1. The van der Waals surface area contributed by atoms with Crippen molar-refractivity contribution in [1.82, 2.24) is 4.90 Å². The van der Waals surface area contributed by atoms with E-state index in [0.29, 0.717) is 18.1 Å². The molecule has 2 aliphatic rings. The van der Waals surface area contributed by atoms with Crippen LogP contribution in [0.3, 0.4) is 0 Å². The largest absolute Gasteiger partial charge is 0.477 e. The molecule has 2 aliphatic heterocycles. The van der Waals surface area contributed by atoms with Crippen LogP contribution in [0.15, 0.2) is 12.1 Å². The first-order valence-corrected chi connectivity index (χ1v) is 7.31. The van der Waals surface area contributed by atoms with Crippen molar-refractivity contribution in [3.05, 3.63) is 21.9 Å². The van der Waals surface area contributed by atoms with Gasteiger partial charge < -0.3 is 14.6 Å². The van der Waals surface area contributed by atoms with Gasteiger partial charge in [-0.15, -0.1) is 11.3 Å². The molecular weight excluding hydrogens is 266 g/mol. The SMILES string of the molecule is O=C(O)c1ccc(CN2CCCC3(C2)OCCO3)s1. The summed E-state index contributed by atoms with van der Waals surface area (Å²) in [5.41, 5.74) is 0. The smallest absolute Gasteiger partial charge is 0.345 e. The van der Waals surface area contributed by atoms with Crippen molar-refractivity contribution < 1.29 is 19.4 Å². The molecule has 6 heteroatoms. The number of rotatable bonds is 3. The van der Waals surface area contributed by atoms with Crippen LogP contribution >= 0.6 is 11.3 Å². The van der Waals surface area contributed by atoms with E-state index in [0.717, 1.165) is 37.4 Å². The van der Waals surface area contributed by atoms with Crippen LogP contribution in [-0.4, -0.2) is 48.1 Å². The lowest BCUT2D eigenvalue weighted by Crippen LogP contribution is -2.48. The number of hydrogen-bond acceptors (Lipinski definition) is 5. The average molecular weight is 283 g/mol. The zero-order valence-electron chi connectivity index (χ0n) is 10.6. The molecular formula is C13H17NO4S. The molecule has 0 unspecified atom stereocenters. The lowest BCUT2D eigenvalue weighted by molar-refractivity contribution is -0.190. The Morgan fingerprint density at radius 2 is 2.21 bits per heavy atom. The van der Waals surface area contributed by atoms with Crippen LogP contribution in [0.4, 0.5) is 0 Å². The van der Waals surface area contributed by atoms with Crippen LogP contribution < -0.4 is 0 Å². The molecule has 3 rings (SSSR count). The number of thiophene rings is 1. The second kappa shape index (κ2) is 5.20. The van der Waals surface area contributed by atoms with Gasteiger partial charge in [0.2, 0.25) is 0 Å². The van der Waals surface area contributed by atoms with Crippen molar-refractivity contribution in [1.29, 1.82) is 0 Å². The van der Waals surface area contributed by atoms with E-state index in [-0.39, 0.29) is 0 Å². The first kappa shape index (κ1) is 13.1. The van der Waals surface area contributed by atoms with Gasteiger partial charge in [0.15, 0.2) is 5.79 Å². The van der Waals surface area contributed by atoms with Gasteiger partial charge in [-0.2, -0.15) is 0 Å². The van der Waals surface area contributed by atoms with Crippen molar-refractivity contribution in [3.63, 3.8) is 0 Å². The minimum atomic E-state index is -0.853. The maximum absolute atomic E-state index is 10.9. The monoisotopic (exact) mass is 283 g/mol. The fraction of sp³-hybridized carbons (Fsp3) is 0.615. The van der Waals surface area contributed by atoms with Gasteiger partial charge in [-0.1, -0.05) is 0 Å². The number of likely N-dealkylation sites (tertiary alicyclic amines) is 1. The van der Waals surface area contributed by atoms with Crippen LogP contribution in [-0.2, 0) is 16.0 Å². The molecule has 104 valence electrons. The van der Waals surface area contributed by atoms with Gasteiger partial charge in [0, 0.05) is 17.8 Å². The Balaban J connectivity index is 1.64. The molecule has 0 aliphatic carbocycles. The highest BCUT2D eigenvalue weighted by Crippen LogP contribution is 2.31. The van der Waals surface area contributed by atoms with Gasteiger partial charge in [-0.25, -0.2) is 4.79 Å². The molecule has 0 aromatic carbocycles. The number of piperidine rings is 1. The maximum atomic E-state index is 10.9. The summed E-state index contributed by atoms with van der Waals surface area (Å²) in [5, 5.41) is 8.93. The van der Waals surface area contributed by atoms with E-state index >= 15 is 0 Å². The summed E-state index contributed by atoms with van der Waals surface area (Å²) >= 11 is 1.34. The third-order valence-corrected chi connectivity index (χ3v) is 4.62. The molecule has 1 aromatic heterocycles. The van der Waals surface area contributed by atoms with E-state index in [1.165, 1.54) is 11.3 Å². The molecule has 1 spiro atoms. The van der Waals surface area contributed by atoms with E-state index in [1.54, 1.807) is 6.07 Å². The zero-order valence-corrected chi connectivity index (χ0v) is 11.4. The van der Waals surface area contributed by atoms with Crippen molar-refractivity contribution in [2.75, 3.05) is 26.3 Å². The highest BCUT2D eigenvalue weighted by atomic mass is 32.1. The van der Waals surface area contributed by atoms with Crippen LogP contribution in [0, 0.1) is 0 Å². The molecule has 1 N–H and O–H groups in total. The zero-order chi connectivity index (χ0) is 13.3. The topological polar surface area (TPSA) is 59.0 Å². The first-order valence-electron chi connectivity index (χ1n) is 6.49. The summed E-state index contributed by atoms with van der Waals surface area (Å²) in [6, 6.07) is 3.57. The van der Waals surface area contributed by atoms with Crippen molar-refractivity contribution >= 4 is 17.3 Å². The van der Waals surface area contributed by atoms with Crippen LogP contribution in [0.2, 0.25) is 0 Å². The first-order chi connectivity index (χ1) is 9.17. The minimum Gasteiger partial charge on any atom is -0.477 e. The van der Waals surface area contributed by atoms with Gasteiger partial charge in [-0.3, -0.25) is 4.90 Å². The highest BCUT2D eigenvalue weighted by Gasteiger charge is 2.40. The Morgan fingerprint density at radius 3 is 2.89 bits per heavy atom. The number of ether oxygens (including phenoxy) is 2. The maximum Gasteiger partial charge on any atom is 0.345 e. The van der Waals surface area contributed by atoms with E-state index < -0.39 is 11.8 Å². The van der Waals surface area contributed by atoms with Crippen molar-refractivity contribution in [2.45, 2.75) is 25.2 Å². The molecule has 0 amide bonds. The van der Waals surface area contributed by atoms with Crippen LogP contribution in [0.1, 0.15) is 27.4 Å². The van der Waals surface area contributed by atoms with Gasteiger partial charge in [0.1, 0.15) is 4.88 Å². The average Bonchev–Trinajstić information content (AvgIpc) is 3.00. The van der Waals surface area contributed by atoms with Gasteiger partial charge in [0.25, 0.3) is 0 Å². The summed E-state index contributed by atoms with van der Waals surface area (Å²) in [6.07, 6.45) is 2.01. The van der Waals surface area contributed by atoms with Gasteiger partial charge in [0.05, 0.1) is 19.8 Å². The van der Waals surface area contributed by atoms with Gasteiger partial charge >= 0.3 is 5.97 Å². The Bertz CT molecular complexity index is 467. The number of hydrogen-bond donors (Lipinski definition) is 1. The lowest BCUT2D eigenvalue weighted by atomic mass is 10.0. The summed E-state index contributed by atoms with van der Waals surface area (Å²) < 4.78 is 11.5. The number of carboxylic acids is 1. The molecule has 1 aromatic rings. The summed E-state index contributed by atoms with van der Waals surface area (Å²) in [6.45, 7) is 3.90. The van der Waals surface area contributed by atoms with Crippen LogP contribution in [0.25, 0.3) is 0 Å². The van der Waals surface area contributed by atoms with E-state index in [2.05, 4.69) is 4.90 Å². The minimum absolute atomic E-state index is 0.398. The molecule has 0 saturated carbocycles.